The monoisotopic (exact) mass is 361 g/mol. The number of carbonyl (C=O) groups is 1. The molecule has 1 saturated carbocycles. The van der Waals surface area contributed by atoms with Gasteiger partial charge in [0.1, 0.15) is 0 Å². The number of nitrogens with one attached hydrogen (secondary N) is 1. The summed E-state index contributed by atoms with van der Waals surface area (Å²) in [6.45, 7) is 4.02. The van der Waals surface area contributed by atoms with Crippen molar-refractivity contribution in [2.45, 2.75) is 54.8 Å². The van der Waals surface area contributed by atoms with Gasteiger partial charge in [0, 0.05) is 34.1 Å². The van der Waals surface area contributed by atoms with Gasteiger partial charge in [-0.3, -0.25) is 4.79 Å². The second-order valence-corrected chi connectivity index (χ2v) is 8.62. The Bertz CT molecular complexity index is 729. The predicted octanol–water partition coefficient (Wildman–Crippen LogP) is 4.37. The second-order valence-electron chi connectivity index (χ2n) is 6.44. The fraction of sp³-hybridized carbons (Fsp3) is 0.444. The van der Waals surface area contributed by atoms with Crippen molar-refractivity contribution in [3.8, 4) is 0 Å². The molecule has 1 amide bonds. The van der Waals surface area contributed by atoms with E-state index in [0.29, 0.717) is 12.3 Å². The molecule has 0 bridgehead atoms. The first-order chi connectivity index (χ1) is 11.5. The number of rotatable bonds is 5. The zero-order valence-electron chi connectivity index (χ0n) is 14.0. The van der Waals surface area contributed by atoms with Crippen LogP contribution < -0.4 is 11.1 Å². The van der Waals surface area contributed by atoms with Crippen molar-refractivity contribution in [1.29, 1.82) is 0 Å². The van der Waals surface area contributed by atoms with Crippen molar-refractivity contribution in [3.63, 3.8) is 0 Å². The standard InChI is InChI=1S/C18H23N3OS2/c1-11-8-14(24-18-20-12(2)10-23-18)6-7-16(11)21-17(22)9-13-4-3-5-15(13)19/h6-8,10,13,15H,3-5,9,19H2,1-2H3,(H,21,22)/t13-,15+/m0/s1. The van der Waals surface area contributed by atoms with Crippen molar-refractivity contribution in [2.75, 3.05) is 5.32 Å². The number of hydrogen-bond donors (Lipinski definition) is 2. The molecule has 0 aliphatic heterocycles. The molecule has 2 atom stereocenters. The maximum Gasteiger partial charge on any atom is 0.224 e. The molecule has 1 fully saturated rings. The Morgan fingerprint density at radius 2 is 2.25 bits per heavy atom. The summed E-state index contributed by atoms with van der Waals surface area (Å²) in [5.74, 6) is 0.393. The SMILES string of the molecule is Cc1csc(Sc2ccc(NC(=O)C[C@@H]3CCC[C@H]3N)c(C)c2)n1. The van der Waals surface area contributed by atoms with Crippen LogP contribution in [0.15, 0.2) is 32.8 Å². The number of amides is 1. The Labute approximate surface area is 151 Å². The quantitative estimate of drug-likeness (QED) is 0.830. The molecule has 0 spiro atoms. The highest BCUT2D eigenvalue weighted by atomic mass is 32.2. The maximum absolute atomic E-state index is 12.3. The molecule has 4 nitrogen and oxygen atoms in total. The van der Waals surface area contributed by atoms with E-state index in [-0.39, 0.29) is 11.9 Å². The third-order valence-electron chi connectivity index (χ3n) is 4.44. The van der Waals surface area contributed by atoms with E-state index in [9.17, 15) is 4.79 Å². The first-order valence-corrected chi connectivity index (χ1v) is 9.97. The van der Waals surface area contributed by atoms with E-state index < -0.39 is 0 Å². The maximum atomic E-state index is 12.3. The van der Waals surface area contributed by atoms with E-state index >= 15 is 0 Å². The molecule has 1 heterocycles. The van der Waals surface area contributed by atoms with Gasteiger partial charge in [0.25, 0.3) is 0 Å². The number of benzene rings is 1. The van der Waals surface area contributed by atoms with Gasteiger partial charge >= 0.3 is 0 Å². The minimum Gasteiger partial charge on any atom is -0.327 e. The average Bonchev–Trinajstić information content (AvgIpc) is 3.11. The molecule has 1 aliphatic rings. The van der Waals surface area contributed by atoms with Crippen LogP contribution in [0.2, 0.25) is 0 Å². The fourth-order valence-electron chi connectivity index (χ4n) is 3.08. The number of hydrogen-bond acceptors (Lipinski definition) is 5. The fourth-order valence-corrected chi connectivity index (χ4v) is 4.99. The molecule has 3 N–H and O–H groups in total. The van der Waals surface area contributed by atoms with Crippen LogP contribution in [0.4, 0.5) is 5.69 Å². The van der Waals surface area contributed by atoms with Gasteiger partial charge < -0.3 is 11.1 Å². The Kier molecular flexibility index (Phi) is 5.58. The summed E-state index contributed by atoms with van der Waals surface area (Å²) in [4.78, 5) is 17.9. The molecule has 0 saturated heterocycles. The molecule has 1 aromatic carbocycles. The number of nitrogens with zero attached hydrogens (tertiary/aromatic N) is 1. The van der Waals surface area contributed by atoms with Crippen molar-refractivity contribution in [1.82, 2.24) is 4.98 Å². The number of anilines is 1. The van der Waals surface area contributed by atoms with Crippen LogP contribution in [-0.4, -0.2) is 16.9 Å². The van der Waals surface area contributed by atoms with Crippen LogP contribution in [0.25, 0.3) is 0 Å². The zero-order valence-corrected chi connectivity index (χ0v) is 15.7. The highest BCUT2D eigenvalue weighted by molar-refractivity contribution is 8.01. The lowest BCUT2D eigenvalue weighted by molar-refractivity contribution is -0.117. The highest BCUT2D eigenvalue weighted by Crippen LogP contribution is 2.32. The number of aromatic nitrogens is 1. The van der Waals surface area contributed by atoms with E-state index in [4.69, 9.17) is 5.73 Å². The van der Waals surface area contributed by atoms with Crippen molar-refractivity contribution >= 4 is 34.7 Å². The van der Waals surface area contributed by atoms with Gasteiger partial charge in [0.2, 0.25) is 5.91 Å². The summed E-state index contributed by atoms with van der Waals surface area (Å²) in [5, 5.41) is 5.09. The Balaban J connectivity index is 1.61. The summed E-state index contributed by atoms with van der Waals surface area (Å²) >= 11 is 3.31. The molecule has 1 aliphatic carbocycles. The lowest BCUT2D eigenvalue weighted by Gasteiger charge is -2.15. The minimum atomic E-state index is 0.0661. The van der Waals surface area contributed by atoms with Crippen molar-refractivity contribution in [3.05, 3.63) is 34.8 Å². The summed E-state index contributed by atoms with van der Waals surface area (Å²) in [6, 6.07) is 6.28. The van der Waals surface area contributed by atoms with E-state index in [1.54, 1.807) is 23.1 Å². The highest BCUT2D eigenvalue weighted by Gasteiger charge is 2.26. The Morgan fingerprint density at radius 3 is 2.88 bits per heavy atom. The molecule has 24 heavy (non-hydrogen) atoms. The topological polar surface area (TPSA) is 68.0 Å². The van der Waals surface area contributed by atoms with Gasteiger partial charge in [-0.05, 0) is 56.4 Å². The number of carbonyl (C=O) groups excluding carboxylic acids is 1. The van der Waals surface area contributed by atoms with Crippen LogP contribution >= 0.6 is 23.1 Å². The number of thiazole rings is 1. The van der Waals surface area contributed by atoms with Crippen LogP contribution in [-0.2, 0) is 4.79 Å². The first-order valence-electron chi connectivity index (χ1n) is 8.27. The van der Waals surface area contributed by atoms with Crippen molar-refractivity contribution < 1.29 is 4.79 Å². The average molecular weight is 362 g/mol. The molecule has 128 valence electrons. The number of nitrogens with two attached hydrogens (primary N) is 1. The summed E-state index contributed by atoms with van der Waals surface area (Å²) in [5.41, 5.74) is 9.05. The van der Waals surface area contributed by atoms with Gasteiger partial charge in [-0.15, -0.1) is 11.3 Å². The van der Waals surface area contributed by atoms with Crippen LogP contribution in [0.1, 0.15) is 36.9 Å². The Morgan fingerprint density at radius 1 is 1.42 bits per heavy atom. The zero-order chi connectivity index (χ0) is 17.1. The summed E-state index contributed by atoms with van der Waals surface area (Å²) < 4.78 is 1.04. The third kappa shape index (κ3) is 4.37. The molecule has 0 unspecified atom stereocenters. The van der Waals surface area contributed by atoms with Gasteiger partial charge in [0.15, 0.2) is 4.34 Å². The first kappa shape index (κ1) is 17.5. The van der Waals surface area contributed by atoms with Gasteiger partial charge in [-0.1, -0.05) is 18.2 Å². The third-order valence-corrected chi connectivity index (χ3v) is 6.49. The van der Waals surface area contributed by atoms with E-state index in [0.717, 1.165) is 45.4 Å². The van der Waals surface area contributed by atoms with Gasteiger partial charge in [0.05, 0.1) is 0 Å². The second kappa shape index (κ2) is 7.68. The minimum absolute atomic E-state index is 0.0661. The molecule has 1 aromatic heterocycles. The molecular weight excluding hydrogens is 338 g/mol. The smallest absolute Gasteiger partial charge is 0.224 e. The molecule has 3 rings (SSSR count). The lowest BCUT2D eigenvalue weighted by atomic mass is 10.00. The van der Waals surface area contributed by atoms with Crippen LogP contribution in [0, 0.1) is 19.8 Å². The van der Waals surface area contributed by atoms with E-state index in [2.05, 4.69) is 21.7 Å². The van der Waals surface area contributed by atoms with Crippen LogP contribution in [0.3, 0.4) is 0 Å². The lowest BCUT2D eigenvalue weighted by Crippen LogP contribution is -2.28. The van der Waals surface area contributed by atoms with Crippen molar-refractivity contribution in [2.24, 2.45) is 11.7 Å². The Hall–Kier alpha value is -1.37. The normalized spacial score (nSPS) is 20.3. The number of aryl methyl sites for hydroxylation is 2. The largest absolute Gasteiger partial charge is 0.327 e. The summed E-state index contributed by atoms with van der Waals surface area (Å²) in [7, 11) is 0. The van der Waals surface area contributed by atoms with E-state index in [1.807, 2.05) is 26.0 Å². The van der Waals surface area contributed by atoms with Gasteiger partial charge in [-0.25, -0.2) is 4.98 Å². The van der Waals surface area contributed by atoms with Crippen LogP contribution in [0.5, 0.6) is 0 Å². The summed E-state index contributed by atoms with van der Waals surface area (Å²) in [6.07, 6.45) is 3.77. The predicted molar refractivity (Wildman–Crippen MR) is 101 cm³/mol. The molecule has 0 radical (unpaired) electrons. The molecule has 6 heteroatoms. The van der Waals surface area contributed by atoms with E-state index in [1.165, 1.54) is 0 Å². The molecule has 2 aromatic rings. The molecular formula is C18H23N3OS2. The van der Waals surface area contributed by atoms with Gasteiger partial charge in [-0.2, -0.15) is 0 Å².